The minimum absolute atomic E-state index is 0.301. The Labute approximate surface area is 79.3 Å². The topological polar surface area (TPSA) is 38.7 Å². The second-order valence-corrected chi connectivity index (χ2v) is 3.47. The van der Waals surface area contributed by atoms with E-state index < -0.39 is 5.60 Å². The minimum atomic E-state index is -0.962. The highest BCUT2D eigenvalue weighted by molar-refractivity contribution is 5.09. The first-order chi connectivity index (χ1) is 6.17. The van der Waals surface area contributed by atoms with Gasteiger partial charge in [-0.05, 0) is 32.8 Å². The lowest BCUT2D eigenvalue weighted by atomic mass is 10.0. The number of hydrogen-bond acceptors (Lipinski definition) is 3. The standard InChI is InChI=1S/C10H18O3/c1-3-12-8-10(2,11)9-6-4-5-7-13-9/h6,11H,3-5,7-8H2,1-2H3. The highest BCUT2D eigenvalue weighted by Gasteiger charge is 2.28. The molecule has 0 bridgehead atoms. The molecule has 0 saturated carbocycles. The Bertz CT molecular complexity index is 185. The Morgan fingerprint density at radius 1 is 1.69 bits per heavy atom. The van der Waals surface area contributed by atoms with Crippen LogP contribution in [0.15, 0.2) is 11.8 Å². The molecule has 13 heavy (non-hydrogen) atoms. The monoisotopic (exact) mass is 186 g/mol. The summed E-state index contributed by atoms with van der Waals surface area (Å²) in [5.74, 6) is 0.659. The largest absolute Gasteiger partial charge is 0.495 e. The van der Waals surface area contributed by atoms with Crippen molar-refractivity contribution >= 4 is 0 Å². The second kappa shape index (κ2) is 4.63. The van der Waals surface area contributed by atoms with E-state index in [2.05, 4.69) is 0 Å². The van der Waals surface area contributed by atoms with E-state index in [0.29, 0.717) is 25.6 Å². The molecular weight excluding hydrogens is 168 g/mol. The van der Waals surface area contributed by atoms with E-state index in [1.165, 1.54) is 0 Å². The van der Waals surface area contributed by atoms with E-state index in [0.717, 1.165) is 12.8 Å². The Hall–Kier alpha value is -0.540. The van der Waals surface area contributed by atoms with Crippen LogP contribution in [-0.4, -0.2) is 30.5 Å². The maximum Gasteiger partial charge on any atom is 0.141 e. The predicted octanol–water partition coefficient (Wildman–Crippen LogP) is 1.47. The van der Waals surface area contributed by atoms with Gasteiger partial charge in [-0.1, -0.05) is 0 Å². The maximum atomic E-state index is 9.95. The van der Waals surface area contributed by atoms with E-state index in [9.17, 15) is 5.11 Å². The van der Waals surface area contributed by atoms with Crippen molar-refractivity contribution in [3.63, 3.8) is 0 Å². The van der Waals surface area contributed by atoms with E-state index >= 15 is 0 Å². The van der Waals surface area contributed by atoms with Crippen LogP contribution in [0.5, 0.6) is 0 Å². The normalized spacial score (nSPS) is 21.6. The van der Waals surface area contributed by atoms with Crippen LogP contribution in [0.3, 0.4) is 0 Å². The molecule has 3 heteroatoms. The van der Waals surface area contributed by atoms with Gasteiger partial charge in [0.25, 0.3) is 0 Å². The van der Waals surface area contributed by atoms with Gasteiger partial charge in [-0.25, -0.2) is 0 Å². The highest BCUT2D eigenvalue weighted by Crippen LogP contribution is 2.22. The summed E-state index contributed by atoms with van der Waals surface area (Å²) in [4.78, 5) is 0. The van der Waals surface area contributed by atoms with Gasteiger partial charge in [0.15, 0.2) is 0 Å². The van der Waals surface area contributed by atoms with Gasteiger partial charge in [-0.15, -0.1) is 0 Å². The quantitative estimate of drug-likeness (QED) is 0.722. The Morgan fingerprint density at radius 2 is 2.46 bits per heavy atom. The van der Waals surface area contributed by atoms with Crippen molar-refractivity contribution in [3.8, 4) is 0 Å². The summed E-state index contributed by atoms with van der Waals surface area (Å²) in [5.41, 5.74) is -0.962. The zero-order chi connectivity index (χ0) is 9.73. The van der Waals surface area contributed by atoms with Gasteiger partial charge in [-0.2, -0.15) is 0 Å². The molecule has 0 aromatic carbocycles. The lowest BCUT2D eigenvalue weighted by molar-refractivity contribution is -0.0451. The third-order valence-corrected chi connectivity index (χ3v) is 2.05. The van der Waals surface area contributed by atoms with Gasteiger partial charge in [-0.3, -0.25) is 0 Å². The molecule has 1 atom stereocenters. The molecular formula is C10H18O3. The summed E-state index contributed by atoms with van der Waals surface area (Å²) in [6.45, 7) is 5.25. The molecule has 76 valence electrons. The molecule has 0 spiro atoms. The van der Waals surface area contributed by atoms with Crippen LogP contribution >= 0.6 is 0 Å². The Balaban J connectivity index is 2.51. The fourth-order valence-electron chi connectivity index (χ4n) is 1.30. The van der Waals surface area contributed by atoms with Crippen molar-refractivity contribution in [2.24, 2.45) is 0 Å². The van der Waals surface area contributed by atoms with Crippen molar-refractivity contribution in [3.05, 3.63) is 11.8 Å². The minimum Gasteiger partial charge on any atom is -0.495 e. The molecule has 0 aromatic rings. The molecule has 0 saturated heterocycles. The van der Waals surface area contributed by atoms with Gasteiger partial charge < -0.3 is 14.6 Å². The number of hydrogen-bond donors (Lipinski definition) is 1. The van der Waals surface area contributed by atoms with Crippen LogP contribution in [0.4, 0.5) is 0 Å². The molecule has 1 aliphatic heterocycles. The molecule has 0 amide bonds. The smallest absolute Gasteiger partial charge is 0.141 e. The zero-order valence-electron chi connectivity index (χ0n) is 8.38. The molecule has 0 aliphatic carbocycles. The predicted molar refractivity (Wildman–Crippen MR) is 50.4 cm³/mol. The Kier molecular flexibility index (Phi) is 3.75. The van der Waals surface area contributed by atoms with E-state index in [-0.39, 0.29) is 0 Å². The number of allylic oxidation sites excluding steroid dienone is 1. The average Bonchev–Trinajstić information content (AvgIpc) is 2.16. The lowest BCUT2D eigenvalue weighted by Gasteiger charge is -2.28. The summed E-state index contributed by atoms with van der Waals surface area (Å²) in [5, 5.41) is 9.95. The highest BCUT2D eigenvalue weighted by atomic mass is 16.5. The fourth-order valence-corrected chi connectivity index (χ4v) is 1.30. The summed E-state index contributed by atoms with van der Waals surface area (Å²) in [6, 6.07) is 0. The maximum absolute atomic E-state index is 9.95. The van der Waals surface area contributed by atoms with Crippen LogP contribution in [0.1, 0.15) is 26.7 Å². The number of ether oxygens (including phenoxy) is 2. The average molecular weight is 186 g/mol. The molecule has 1 aliphatic rings. The van der Waals surface area contributed by atoms with Crippen molar-refractivity contribution in [2.45, 2.75) is 32.3 Å². The molecule has 0 fully saturated rings. The van der Waals surface area contributed by atoms with Gasteiger partial charge in [0, 0.05) is 6.61 Å². The van der Waals surface area contributed by atoms with Crippen molar-refractivity contribution in [2.75, 3.05) is 19.8 Å². The van der Waals surface area contributed by atoms with Crippen molar-refractivity contribution in [1.82, 2.24) is 0 Å². The summed E-state index contributed by atoms with van der Waals surface area (Å²) >= 11 is 0. The van der Waals surface area contributed by atoms with Crippen molar-refractivity contribution in [1.29, 1.82) is 0 Å². The van der Waals surface area contributed by atoms with Crippen LogP contribution in [0.25, 0.3) is 0 Å². The summed E-state index contributed by atoms with van der Waals surface area (Å²) < 4.78 is 10.6. The number of rotatable bonds is 4. The third-order valence-electron chi connectivity index (χ3n) is 2.05. The van der Waals surface area contributed by atoms with Gasteiger partial charge in [0.1, 0.15) is 11.4 Å². The molecule has 0 aromatic heterocycles. The first kappa shape index (κ1) is 10.5. The van der Waals surface area contributed by atoms with Crippen LogP contribution in [-0.2, 0) is 9.47 Å². The van der Waals surface area contributed by atoms with E-state index in [1.54, 1.807) is 6.92 Å². The molecule has 3 nitrogen and oxygen atoms in total. The van der Waals surface area contributed by atoms with Gasteiger partial charge in [0.2, 0.25) is 0 Å². The molecule has 1 N–H and O–H groups in total. The van der Waals surface area contributed by atoms with Gasteiger partial charge >= 0.3 is 0 Å². The van der Waals surface area contributed by atoms with E-state index in [4.69, 9.17) is 9.47 Å². The van der Waals surface area contributed by atoms with Gasteiger partial charge in [0.05, 0.1) is 13.2 Å². The molecule has 0 radical (unpaired) electrons. The molecule has 1 heterocycles. The zero-order valence-corrected chi connectivity index (χ0v) is 8.38. The lowest BCUT2D eigenvalue weighted by Crippen LogP contribution is -2.35. The van der Waals surface area contributed by atoms with E-state index in [1.807, 2.05) is 13.0 Å². The third kappa shape index (κ3) is 3.01. The SMILES string of the molecule is CCOCC(C)(O)C1=CCCCO1. The summed E-state index contributed by atoms with van der Waals surface area (Å²) in [6.07, 6.45) is 3.97. The van der Waals surface area contributed by atoms with Crippen LogP contribution in [0, 0.1) is 0 Å². The fraction of sp³-hybridized carbons (Fsp3) is 0.800. The Morgan fingerprint density at radius 3 is 3.00 bits per heavy atom. The molecule has 1 unspecified atom stereocenters. The first-order valence-corrected chi connectivity index (χ1v) is 4.80. The second-order valence-electron chi connectivity index (χ2n) is 3.47. The number of aliphatic hydroxyl groups is 1. The van der Waals surface area contributed by atoms with Crippen LogP contribution in [0.2, 0.25) is 0 Å². The van der Waals surface area contributed by atoms with Crippen molar-refractivity contribution < 1.29 is 14.6 Å². The summed E-state index contributed by atoms with van der Waals surface area (Å²) in [7, 11) is 0. The first-order valence-electron chi connectivity index (χ1n) is 4.80. The van der Waals surface area contributed by atoms with Crippen LogP contribution < -0.4 is 0 Å². The molecule has 1 rings (SSSR count).